The predicted octanol–water partition coefficient (Wildman–Crippen LogP) is 3.39. The third-order valence-corrected chi connectivity index (χ3v) is 4.17. The van der Waals surface area contributed by atoms with Gasteiger partial charge in [-0.3, -0.25) is 0 Å². The summed E-state index contributed by atoms with van der Waals surface area (Å²) in [4.78, 5) is 15.3. The van der Waals surface area contributed by atoms with Gasteiger partial charge in [0.1, 0.15) is 0 Å². The van der Waals surface area contributed by atoms with Gasteiger partial charge < -0.3 is 10.2 Å². The molecule has 0 spiro atoms. The van der Waals surface area contributed by atoms with Crippen LogP contribution >= 0.6 is 11.3 Å². The molecular weight excluding hydrogens is 232 g/mol. The van der Waals surface area contributed by atoms with E-state index in [4.69, 9.17) is 0 Å². The number of hydrogen-bond donors (Lipinski definition) is 1. The van der Waals surface area contributed by atoms with E-state index in [0.717, 1.165) is 38.8 Å². The third kappa shape index (κ3) is 3.00. The fraction of sp³-hybridized carbons (Fsp3) is 0.615. The first-order valence-corrected chi connectivity index (χ1v) is 7.28. The zero-order valence-electron chi connectivity index (χ0n) is 10.3. The highest BCUT2D eigenvalue weighted by molar-refractivity contribution is 7.10. The van der Waals surface area contributed by atoms with Crippen molar-refractivity contribution < 1.29 is 4.79 Å². The minimum Gasteiger partial charge on any atom is -0.338 e. The van der Waals surface area contributed by atoms with Crippen LogP contribution in [0.25, 0.3) is 0 Å². The molecule has 1 aliphatic heterocycles. The zero-order valence-corrected chi connectivity index (χ0v) is 11.1. The smallest absolute Gasteiger partial charge is 0.317 e. The molecule has 0 aliphatic carbocycles. The second-order valence-electron chi connectivity index (χ2n) is 4.45. The molecule has 1 aromatic rings. The number of rotatable bonds is 4. The summed E-state index contributed by atoms with van der Waals surface area (Å²) < 4.78 is 0. The Balaban J connectivity index is 1.93. The summed E-state index contributed by atoms with van der Waals surface area (Å²) >= 11 is 1.75. The maximum atomic E-state index is 12.0. The Labute approximate surface area is 107 Å². The van der Waals surface area contributed by atoms with E-state index in [0.29, 0.717) is 6.04 Å². The van der Waals surface area contributed by atoms with Crippen LogP contribution < -0.4 is 5.32 Å². The van der Waals surface area contributed by atoms with Crippen LogP contribution in [0.5, 0.6) is 0 Å². The van der Waals surface area contributed by atoms with E-state index in [-0.39, 0.29) is 6.03 Å². The molecule has 2 rings (SSSR count). The summed E-state index contributed by atoms with van der Waals surface area (Å²) in [5.74, 6) is 0. The van der Waals surface area contributed by atoms with Crippen molar-refractivity contribution in [3.05, 3.63) is 22.4 Å². The number of carbonyl (C=O) groups is 1. The lowest BCUT2D eigenvalue weighted by atomic mass is 10.2. The highest BCUT2D eigenvalue weighted by Crippen LogP contribution is 2.34. The molecule has 3 nitrogen and oxygen atoms in total. The lowest BCUT2D eigenvalue weighted by Gasteiger charge is -2.24. The van der Waals surface area contributed by atoms with E-state index in [1.807, 2.05) is 4.90 Å². The summed E-state index contributed by atoms with van der Waals surface area (Å²) in [6.45, 7) is 3.82. The number of hydrogen-bond acceptors (Lipinski definition) is 2. The standard InChI is InChI=1S/C13H20N2OS/c1-2-3-8-14-13(16)15-9-4-6-11(15)12-7-5-10-17-12/h5,7,10-11H,2-4,6,8-9H2,1H3,(H,14,16). The van der Waals surface area contributed by atoms with Gasteiger partial charge in [-0.15, -0.1) is 11.3 Å². The van der Waals surface area contributed by atoms with Crippen LogP contribution in [0.4, 0.5) is 4.79 Å². The Hall–Kier alpha value is -1.03. The summed E-state index contributed by atoms with van der Waals surface area (Å²) in [5.41, 5.74) is 0. The number of likely N-dealkylation sites (tertiary alicyclic amines) is 1. The van der Waals surface area contributed by atoms with E-state index < -0.39 is 0 Å². The van der Waals surface area contributed by atoms with E-state index in [9.17, 15) is 4.79 Å². The van der Waals surface area contributed by atoms with Gasteiger partial charge in [0.15, 0.2) is 0 Å². The normalized spacial score (nSPS) is 19.6. The molecule has 1 aliphatic rings. The molecule has 0 saturated carbocycles. The van der Waals surface area contributed by atoms with Gasteiger partial charge in [-0.25, -0.2) is 4.79 Å². The average Bonchev–Trinajstić information content (AvgIpc) is 2.99. The van der Waals surface area contributed by atoms with Gasteiger partial charge in [0, 0.05) is 18.0 Å². The number of nitrogens with zero attached hydrogens (tertiary/aromatic N) is 1. The first-order chi connectivity index (χ1) is 8.33. The summed E-state index contributed by atoms with van der Waals surface area (Å²) in [6.07, 6.45) is 4.39. The van der Waals surface area contributed by atoms with Gasteiger partial charge in [-0.05, 0) is 30.7 Å². The third-order valence-electron chi connectivity index (χ3n) is 3.19. The van der Waals surface area contributed by atoms with Crippen LogP contribution in [-0.2, 0) is 0 Å². The maximum absolute atomic E-state index is 12.0. The molecule has 1 saturated heterocycles. The molecule has 1 unspecified atom stereocenters. The van der Waals surface area contributed by atoms with Crippen LogP contribution in [0.15, 0.2) is 17.5 Å². The second-order valence-corrected chi connectivity index (χ2v) is 5.43. The van der Waals surface area contributed by atoms with Gasteiger partial charge in [0.25, 0.3) is 0 Å². The lowest BCUT2D eigenvalue weighted by molar-refractivity contribution is 0.193. The summed E-state index contributed by atoms with van der Waals surface area (Å²) in [6, 6.07) is 4.60. The summed E-state index contributed by atoms with van der Waals surface area (Å²) in [7, 11) is 0. The number of nitrogens with one attached hydrogen (secondary N) is 1. The molecule has 0 bridgehead atoms. The van der Waals surface area contributed by atoms with Crippen LogP contribution in [0.1, 0.15) is 43.5 Å². The minimum absolute atomic E-state index is 0.106. The van der Waals surface area contributed by atoms with Crippen LogP contribution in [0.2, 0.25) is 0 Å². The molecular formula is C13H20N2OS. The topological polar surface area (TPSA) is 32.3 Å². The monoisotopic (exact) mass is 252 g/mol. The first kappa shape index (κ1) is 12.4. The van der Waals surface area contributed by atoms with E-state index >= 15 is 0 Å². The molecule has 1 N–H and O–H groups in total. The fourth-order valence-corrected chi connectivity index (χ4v) is 3.13. The quantitative estimate of drug-likeness (QED) is 0.818. The van der Waals surface area contributed by atoms with Crippen LogP contribution in [0, 0.1) is 0 Å². The number of carbonyl (C=O) groups excluding carboxylic acids is 1. The van der Waals surface area contributed by atoms with E-state index in [2.05, 4.69) is 29.8 Å². The van der Waals surface area contributed by atoms with Gasteiger partial charge in [-0.2, -0.15) is 0 Å². The Bertz CT molecular complexity index is 350. The number of amides is 2. The van der Waals surface area contributed by atoms with Gasteiger partial charge in [0.2, 0.25) is 0 Å². The molecule has 0 aromatic carbocycles. The van der Waals surface area contributed by atoms with Crippen molar-refractivity contribution in [1.29, 1.82) is 0 Å². The summed E-state index contributed by atoms with van der Waals surface area (Å²) in [5, 5.41) is 5.09. The molecule has 1 aromatic heterocycles. The van der Waals surface area contributed by atoms with Crippen LogP contribution in [0.3, 0.4) is 0 Å². The van der Waals surface area contributed by atoms with Crippen molar-refractivity contribution >= 4 is 17.4 Å². The van der Waals surface area contributed by atoms with E-state index in [1.54, 1.807) is 11.3 Å². The Kier molecular flexibility index (Phi) is 4.42. The highest BCUT2D eigenvalue weighted by atomic mass is 32.1. The van der Waals surface area contributed by atoms with Crippen LogP contribution in [-0.4, -0.2) is 24.0 Å². The van der Waals surface area contributed by atoms with Crippen molar-refractivity contribution in [3.8, 4) is 0 Å². The van der Waals surface area contributed by atoms with Crippen molar-refractivity contribution in [3.63, 3.8) is 0 Å². The van der Waals surface area contributed by atoms with Crippen molar-refractivity contribution in [2.45, 2.75) is 38.6 Å². The first-order valence-electron chi connectivity index (χ1n) is 6.40. The lowest BCUT2D eigenvalue weighted by Crippen LogP contribution is -2.39. The van der Waals surface area contributed by atoms with Gasteiger partial charge >= 0.3 is 6.03 Å². The number of unbranched alkanes of at least 4 members (excludes halogenated alkanes) is 1. The molecule has 2 amide bonds. The van der Waals surface area contributed by atoms with Crippen molar-refractivity contribution in [2.75, 3.05) is 13.1 Å². The largest absolute Gasteiger partial charge is 0.338 e. The van der Waals surface area contributed by atoms with E-state index in [1.165, 1.54) is 4.88 Å². The molecule has 1 atom stereocenters. The Morgan fingerprint density at radius 3 is 3.24 bits per heavy atom. The second kappa shape index (κ2) is 6.05. The predicted molar refractivity (Wildman–Crippen MR) is 71.3 cm³/mol. The fourth-order valence-electron chi connectivity index (χ4n) is 2.26. The SMILES string of the molecule is CCCCNC(=O)N1CCCC1c1cccs1. The molecule has 17 heavy (non-hydrogen) atoms. The highest BCUT2D eigenvalue weighted by Gasteiger charge is 2.30. The molecule has 2 heterocycles. The van der Waals surface area contributed by atoms with Crippen molar-refractivity contribution in [1.82, 2.24) is 10.2 Å². The Morgan fingerprint density at radius 2 is 2.53 bits per heavy atom. The zero-order chi connectivity index (χ0) is 12.1. The average molecular weight is 252 g/mol. The number of thiophene rings is 1. The molecule has 0 radical (unpaired) electrons. The molecule has 4 heteroatoms. The molecule has 94 valence electrons. The van der Waals surface area contributed by atoms with Gasteiger partial charge in [-0.1, -0.05) is 19.4 Å². The Morgan fingerprint density at radius 1 is 1.65 bits per heavy atom. The molecule has 1 fully saturated rings. The minimum atomic E-state index is 0.106. The van der Waals surface area contributed by atoms with Crippen molar-refractivity contribution in [2.24, 2.45) is 0 Å². The van der Waals surface area contributed by atoms with Gasteiger partial charge in [0.05, 0.1) is 6.04 Å². The maximum Gasteiger partial charge on any atom is 0.317 e. The number of urea groups is 1.